The van der Waals surface area contributed by atoms with Gasteiger partial charge in [-0.3, -0.25) is 4.79 Å². The van der Waals surface area contributed by atoms with Crippen LogP contribution in [0.3, 0.4) is 0 Å². The van der Waals surface area contributed by atoms with Gasteiger partial charge < -0.3 is 19.5 Å². The van der Waals surface area contributed by atoms with Crippen molar-refractivity contribution in [3.8, 4) is 28.8 Å². The second-order valence-electron chi connectivity index (χ2n) is 8.01. The van der Waals surface area contributed by atoms with Gasteiger partial charge in [0.15, 0.2) is 5.82 Å². The number of carbonyl (C=O) groups is 1. The maximum absolute atomic E-state index is 13.3. The zero-order valence-corrected chi connectivity index (χ0v) is 22.1. The molecule has 1 aromatic heterocycles. The van der Waals surface area contributed by atoms with Gasteiger partial charge in [0.05, 0.1) is 35.0 Å². The Kier molecular flexibility index (Phi) is 8.63. The van der Waals surface area contributed by atoms with Gasteiger partial charge in [0, 0.05) is 23.9 Å². The first-order valence-electron chi connectivity index (χ1n) is 11.3. The van der Waals surface area contributed by atoms with Gasteiger partial charge in [-0.25, -0.2) is 4.68 Å². The largest absolute Gasteiger partial charge is 0.496 e. The molecule has 13 heteroatoms. The highest BCUT2D eigenvalue weighted by molar-refractivity contribution is 6.42. The van der Waals surface area contributed by atoms with E-state index in [1.165, 1.54) is 10.7 Å². The van der Waals surface area contributed by atoms with Crippen LogP contribution >= 0.6 is 23.2 Å². The van der Waals surface area contributed by atoms with E-state index in [4.69, 9.17) is 37.4 Å². The molecule has 0 aliphatic rings. The fourth-order valence-electron chi connectivity index (χ4n) is 3.53. The number of nitrogens with zero attached hydrogens (tertiary/aromatic N) is 3. The number of halogens is 5. The number of hydrogen-bond acceptors (Lipinski definition) is 6. The number of alkyl halides is 3. The molecule has 0 atom stereocenters. The quantitative estimate of drug-likeness (QED) is 0.226. The van der Waals surface area contributed by atoms with Gasteiger partial charge in [0.2, 0.25) is 0 Å². The first-order chi connectivity index (χ1) is 18.6. The summed E-state index contributed by atoms with van der Waals surface area (Å²) in [4.78, 5) is 17.1. The molecular weight excluding hydrogens is 560 g/mol. The summed E-state index contributed by atoms with van der Waals surface area (Å²) in [5, 5.41) is 7.71. The Balaban J connectivity index is 1.60. The van der Waals surface area contributed by atoms with Gasteiger partial charge in [-0.2, -0.15) is 18.2 Å². The maximum Gasteiger partial charge on any atom is 0.419 e. The van der Waals surface area contributed by atoms with Crippen LogP contribution in [0.4, 0.5) is 18.9 Å². The Morgan fingerprint density at radius 1 is 0.974 bits per heavy atom. The molecule has 0 aliphatic heterocycles. The Labute approximate surface area is 231 Å². The van der Waals surface area contributed by atoms with Crippen LogP contribution in [0.2, 0.25) is 10.0 Å². The van der Waals surface area contributed by atoms with Crippen molar-refractivity contribution in [3.63, 3.8) is 0 Å². The smallest absolute Gasteiger partial charge is 0.419 e. The summed E-state index contributed by atoms with van der Waals surface area (Å²) in [5.74, 6) is -0.683. The van der Waals surface area contributed by atoms with Crippen molar-refractivity contribution in [3.05, 3.63) is 81.8 Å². The number of methoxy groups -OCH3 is 2. The summed E-state index contributed by atoms with van der Waals surface area (Å²) in [6, 6.07) is 14.7. The number of carbonyl (C=O) groups excluding carboxylic acids is 1. The Morgan fingerprint density at radius 3 is 2.36 bits per heavy atom. The molecule has 8 nitrogen and oxygen atoms in total. The zero-order chi connectivity index (χ0) is 28.2. The van der Waals surface area contributed by atoms with Crippen molar-refractivity contribution in [2.24, 2.45) is 0 Å². The summed E-state index contributed by atoms with van der Waals surface area (Å²) in [6.45, 7) is 0.567. The number of amides is 1. The van der Waals surface area contributed by atoms with Crippen LogP contribution in [-0.4, -0.2) is 48.1 Å². The predicted octanol–water partition coefficient (Wildman–Crippen LogP) is 6.55. The van der Waals surface area contributed by atoms with Crippen molar-refractivity contribution >= 4 is 34.8 Å². The summed E-state index contributed by atoms with van der Waals surface area (Å²) in [5.41, 5.74) is 0.310. The molecular formula is C26H21Cl2F3N4O4. The summed E-state index contributed by atoms with van der Waals surface area (Å²) < 4.78 is 56.9. The Hall–Kier alpha value is -3.80. The number of rotatable bonds is 9. The van der Waals surface area contributed by atoms with Gasteiger partial charge in [-0.15, -0.1) is 5.10 Å². The van der Waals surface area contributed by atoms with Crippen LogP contribution in [0.5, 0.6) is 11.8 Å². The predicted molar refractivity (Wildman–Crippen MR) is 140 cm³/mol. The molecule has 1 heterocycles. The molecule has 0 aliphatic carbocycles. The standard InChI is InChI=1S/C26H21Cl2F3N4O4/c1-37-11-12-39-25-33-23(15-3-9-20(27)21(28)14-15)35(34-25)18-7-5-17(6-8-18)32-24(36)16-4-10-22(38-2)19(13-16)26(29,30)31/h3-10,13-14H,11-12H2,1-2H3,(H,32,36). The monoisotopic (exact) mass is 580 g/mol. The average molecular weight is 581 g/mol. The van der Waals surface area contributed by atoms with Crippen LogP contribution < -0.4 is 14.8 Å². The third kappa shape index (κ3) is 6.62. The third-order valence-corrected chi connectivity index (χ3v) is 6.16. The third-order valence-electron chi connectivity index (χ3n) is 5.42. The minimum absolute atomic E-state index is 0.102. The molecule has 0 saturated carbocycles. The van der Waals surface area contributed by atoms with Gasteiger partial charge >= 0.3 is 12.2 Å². The second-order valence-corrected chi connectivity index (χ2v) is 8.83. The molecule has 0 fully saturated rings. The van der Waals surface area contributed by atoms with Crippen LogP contribution in [-0.2, 0) is 10.9 Å². The Morgan fingerprint density at radius 2 is 1.72 bits per heavy atom. The highest BCUT2D eigenvalue weighted by Crippen LogP contribution is 2.37. The number of ether oxygens (including phenoxy) is 3. The fraction of sp³-hybridized carbons (Fsp3) is 0.192. The van der Waals surface area contributed by atoms with Crippen molar-refractivity contribution in [2.75, 3.05) is 32.8 Å². The van der Waals surface area contributed by atoms with Crippen molar-refractivity contribution in [2.45, 2.75) is 6.18 Å². The average Bonchev–Trinajstić information content (AvgIpc) is 3.34. The number of hydrogen-bond donors (Lipinski definition) is 1. The van der Waals surface area contributed by atoms with Crippen LogP contribution in [0.25, 0.3) is 17.1 Å². The first kappa shape index (κ1) is 28.2. The number of aromatic nitrogens is 3. The van der Waals surface area contributed by atoms with E-state index in [2.05, 4.69) is 15.4 Å². The minimum Gasteiger partial charge on any atom is -0.496 e. The summed E-state index contributed by atoms with van der Waals surface area (Å²) in [6.07, 6.45) is -4.68. The second kappa shape index (κ2) is 11.9. The van der Waals surface area contributed by atoms with E-state index in [1.54, 1.807) is 49.6 Å². The van der Waals surface area contributed by atoms with Crippen molar-refractivity contribution in [1.29, 1.82) is 0 Å². The van der Waals surface area contributed by atoms with E-state index >= 15 is 0 Å². The molecule has 39 heavy (non-hydrogen) atoms. The molecule has 0 spiro atoms. The molecule has 3 aromatic carbocycles. The van der Waals surface area contributed by atoms with Gasteiger partial charge in [0.1, 0.15) is 12.4 Å². The first-order valence-corrected chi connectivity index (χ1v) is 12.1. The van der Waals surface area contributed by atoms with Crippen LogP contribution in [0.1, 0.15) is 15.9 Å². The SMILES string of the molecule is COCCOc1nc(-c2ccc(Cl)c(Cl)c2)n(-c2ccc(NC(=O)c3ccc(OC)c(C(F)(F)F)c3)cc2)n1. The molecule has 4 rings (SSSR count). The Bertz CT molecular complexity index is 1480. The van der Waals surface area contributed by atoms with Crippen molar-refractivity contribution < 1.29 is 32.2 Å². The van der Waals surface area contributed by atoms with E-state index in [0.29, 0.717) is 39.4 Å². The van der Waals surface area contributed by atoms with E-state index in [0.717, 1.165) is 19.2 Å². The molecule has 0 unspecified atom stereocenters. The molecule has 0 saturated heterocycles. The van der Waals surface area contributed by atoms with Gasteiger partial charge in [-0.05, 0) is 60.7 Å². The van der Waals surface area contributed by atoms with Crippen LogP contribution in [0.15, 0.2) is 60.7 Å². The minimum atomic E-state index is -4.68. The summed E-state index contributed by atoms with van der Waals surface area (Å²) in [7, 11) is 2.67. The summed E-state index contributed by atoms with van der Waals surface area (Å²) >= 11 is 12.2. The topological polar surface area (TPSA) is 87.5 Å². The zero-order valence-electron chi connectivity index (χ0n) is 20.6. The van der Waals surface area contributed by atoms with E-state index in [1.807, 2.05) is 0 Å². The van der Waals surface area contributed by atoms with Gasteiger partial charge in [-0.1, -0.05) is 23.2 Å². The molecule has 204 valence electrons. The number of nitrogens with one attached hydrogen (secondary N) is 1. The number of anilines is 1. The molecule has 0 bridgehead atoms. The maximum atomic E-state index is 13.3. The molecule has 4 aromatic rings. The van der Waals surface area contributed by atoms with Gasteiger partial charge in [0.25, 0.3) is 5.91 Å². The van der Waals surface area contributed by atoms with E-state index < -0.39 is 17.6 Å². The number of benzene rings is 3. The molecule has 0 radical (unpaired) electrons. The fourth-order valence-corrected chi connectivity index (χ4v) is 3.83. The lowest BCUT2D eigenvalue weighted by Crippen LogP contribution is -2.15. The lowest BCUT2D eigenvalue weighted by atomic mass is 10.1. The molecule has 1 N–H and O–H groups in total. The normalized spacial score (nSPS) is 11.4. The van der Waals surface area contributed by atoms with Crippen molar-refractivity contribution in [1.82, 2.24) is 14.8 Å². The lowest BCUT2D eigenvalue weighted by molar-refractivity contribution is -0.138. The highest BCUT2D eigenvalue weighted by Gasteiger charge is 2.35. The van der Waals surface area contributed by atoms with E-state index in [9.17, 15) is 18.0 Å². The highest BCUT2D eigenvalue weighted by atomic mass is 35.5. The lowest BCUT2D eigenvalue weighted by Gasteiger charge is -2.13. The van der Waals surface area contributed by atoms with E-state index in [-0.39, 0.29) is 23.9 Å². The van der Waals surface area contributed by atoms with Crippen LogP contribution in [0, 0.1) is 0 Å². The molecule has 1 amide bonds.